The molecular formula is C12H15N3S. The molecule has 0 radical (unpaired) electrons. The zero-order valence-corrected chi connectivity index (χ0v) is 10.3. The second kappa shape index (κ2) is 5.07. The van der Waals surface area contributed by atoms with E-state index in [9.17, 15) is 0 Å². The molecule has 2 aromatic rings. The first kappa shape index (κ1) is 11.1. The zero-order valence-electron chi connectivity index (χ0n) is 9.53. The van der Waals surface area contributed by atoms with Gasteiger partial charge in [-0.3, -0.25) is 0 Å². The molecule has 0 saturated heterocycles. The van der Waals surface area contributed by atoms with Gasteiger partial charge >= 0.3 is 0 Å². The molecule has 4 heteroatoms. The third-order valence-electron chi connectivity index (χ3n) is 2.42. The minimum Gasteiger partial charge on any atom is -0.370 e. The molecule has 0 bridgehead atoms. The first-order valence-electron chi connectivity index (χ1n) is 5.41. The number of thiophene rings is 1. The van der Waals surface area contributed by atoms with Crippen molar-refractivity contribution in [1.29, 1.82) is 0 Å². The molecule has 0 atom stereocenters. The summed E-state index contributed by atoms with van der Waals surface area (Å²) < 4.78 is 0. The lowest BCUT2D eigenvalue weighted by molar-refractivity contribution is 0.960. The lowest BCUT2D eigenvalue weighted by atomic mass is 10.1. The van der Waals surface area contributed by atoms with Crippen molar-refractivity contribution in [1.82, 2.24) is 9.97 Å². The summed E-state index contributed by atoms with van der Waals surface area (Å²) in [6.07, 6.45) is 2.72. The normalized spacial score (nSPS) is 10.4. The van der Waals surface area contributed by atoms with Crippen LogP contribution in [0.5, 0.6) is 0 Å². The number of aromatic nitrogens is 2. The number of nitrogens with zero attached hydrogens (tertiary/aromatic N) is 2. The van der Waals surface area contributed by atoms with E-state index in [0.717, 1.165) is 30.0 Å². The topological polar surface area (TPSA) is 37.8 Å². The van der Waals surface area contributed by atoms with E-state index in [4.69, 9.17) is 0 Å². The highest BCUT2D eigenvalue weighted by molar-refractivity contribution is 7.08. The van der Waals surface area contributed by atoms with E-state index >= 15 is 0 Å². The summed E-state index contributed by atoms with van der Waals surface area (Å²) in [6.45, 7) is 5.15. The third kappa shape index (κ3) is 2.22. The van der Waals surface area contributed by atoms with E-state index in [1.165, 1.54) is 5.56 Å². The lowest BCUT2D eigenvalue weighted by Crippen LogP contribution is -2.05. The lowest BCUT2D eigenvalue weighted by Gasteiger charge is -2.09. The van der Waals surface area contributed by atoms with Gasteiger partial charge in [0.2, 0.25) is 0 Å². The van der Waals surface area contributed by atoms with Crippen molar-refractivity contribution in [2.45, 2.75) is 20.3 Å². The van der Waals surface area contributed by atoms with Gasteiger partial charge in [0, 0.05) is 23.1 Å². The Hall–Kier alpha value is -1.42. The second-order valence-corrected chi connectivity index (χ2v) is 4.41. The molecule has 0 aliphatic carbocycles. The Morgan fingerprint density at radius 2 is 2.25 bits per heavy atom. The largest absolute Gasteiger partial charge is 0.370 e. The van der Waals surface area contributed by atoms with Crippen LogP contribution in [0.2, 0.25) is 0 Å². The third-order valence-corrected chi connectivity index (χ3v) is 3.10. The van der Waals surface area contributed by atoms with E-state index in [-0.39, 0.29) is 0 Å². The molecule has 2 heterocycles. The van der Waals surface area contributed by atoms with E-state index in [1.807, 2.05) is 0 Å². The molecule has 16 heavy (non-hydrogen) atoms. The van der Waals surface area contributed by atoms with Crippen LogP contribution in [0.1, 0.15) is 18.9 Å². The van der Waals surface area contributed by atoms with Crippen LogP contribution in [0.25, 0.3) is 11.3 Å². The molecule has 0 amide bonds. The summed E-state index contributed by atoms with van der Waals surface area (Å²) >= 11 is 1.69. The average molecular weight is 233 g/mol. The van der Waals surface area contributed by atoms with Gasteiger partial charge in [-0.25, -0.2) is 9.97 Å². The highest BCUT2D eigenvalue weighted by Gasteiger charge is 2.08. The quantitative estimate of drug-likeness (QED) is 0.880. The van der Waals surface area contributed by atoms with Crippen molar-refractivity contribution in [2.24, 2.45) is 0 Å². The Labute approximate surface area is 99.6 Å². The molecule has 0 aliphatic rings. The highest BCUT2D eigenvalue weighted by Crippen LogP contribution is 2.26. The summed E-state index contributed by atoms with van der Waals surface area (Å²) in [6, 6.07) is 2.09. The van der Waals surface area contributed by atoms with Crippen molar-refractivity contribution in [2.75, 3.05) is 11.9 Å². The number of hydrogen-bond acceptors (Lipinski definition) is 4. The van der Waals surface area contributed by atoms with Crippen molar-refractivity contribution in [3.8, 4) is 11.3 Å². The van der Waals surface area contributed by atoms with Crippen LogP contribution in [0, 0.1) is 6.92 Å². The van der Waals surface area contributed by atoms with Gasteiger partial charge in [-0.05, 0) is 24.8 Å². The maximum atomic E-state index is 4.35. The van der Waals surface area contributed by atoms with Gasteiger partial charge < -0.3 is 5.32 Å². The number of rotatable bonds is 4. The minimum atomic E-state index is 0.943. The molecule has 0 aromatic carbocycles. The summed E-state index contributed by atoms with van der Waals surface area (Å²) in [4.78, 5) is 8.61. The Morgan fingerprint density at radius 3 is 2.94 bits per heavy atom. The van der Waals surface area contributed by atoms with Crippen molar-refractivity contribution in [3.05, 3.63) is 28.7 Å². The van der Waals surface area contributed by atoms with Gasteiger partial charge in [0.25, 0.3) is 0 Å². The van der Waals surface area contributed by atoms with E-state index in [0.29, 0.717) is 0 Å². The van der Waals surface area contributed by atoms with Gasteiger partial charge in [-0.15, -0.1) is 0 Å². The Kier molecular flexibility index (Phi) is 3.51. The fourth-order valence-electron chi connectivity index (χ4n) is 1.56. The summed E-state index contributed by atoms with van der Waals surface area (Å²) in [5.74, 6) is 0.943. The zero-order chi connectivity index (χ0) is 11.4. The summed E-state index contributed by atoms with van der Waals surface area (Å²) in [5, 5.41) is 7.49. The van der Waals surface area contributed by atoms with Crippen LogP contribution < -0.4 is 5.32 Å². The van der Waals surface area contributed by atoms with E-state index in [2.05, 4.69) is 46.0 Å². The first-order chi connectivity index (χ1) is 7.83. The van der Waals surface area contributed by atoms with Crippen LogP contribution >= 0.6 is 11.3 Å². The molecule has 2 aromatic heterocycles. The molecule has 0 fully saturated rings. The smallest absolute Gasteiger partial charge is 0.132 e. The van der Waals surface area contributed by atoms with Crippen LogP contribution in [-0.2, 0) is 0 Å². The monoisotopic (exact) mass is 233 g/mol. The molecular weight excluding hydrogens is 218 g/mol. The van der Waals surface area contributed by atoms with Gasteiger partial charge in [-0.1, -0.05) is 6.92 Å². The minimum absolute atomic E-state index is 0.943. The second-order valence-electron chi connectivity index (χ2n) is 3.63. The summed E-state index contributed by atoms with van der Waals surface area (Å²) in [7, 11) is 0. The Balaban J connectivity index is 2.33. The first-order valence-corrected chi connectivity index (χ1v) is 6.35. The molecule has 84 valence electrons. The number of nitrogens with one attached hydrogen (secondary N) is 1. The predicted molar refractivity (Wildman–Crippen MR) is 68.9 cm³/mol. The molecule has 2 rings (SSSR count). The number of hydrogen-bond donors (Lipinski definition) is 1. The molecule has 0 unspecified atom stereocenters. The van der Waals surface area contributed by atoms with Gasteiger partial charge in [-0.2, -0.15) is 11.3 Å². The van der Waals surface area contributed by atoms with Crippen molar-refractivity contribution in [3.63, 3.8) is 0 Å². The van der Waals surface area contributed by atoms with Crippen LogP contribution in [0.4, 0.5) is 5.82 Å². The molecule has 0 saturated carbocycles. The van der Waals surface area contributed by atoms with Crippen molar-refractivity contribution < 1.29 is 0 Å². The predicted octanol–water partition coefficient (Wildman–Crippen LogP) is 3.34. The molecule has 0 aliphatic heterocycles. The highest BCUT2D eigenvalue weighted by atomic mass is 32.1. The molecule has 3 nitrogen and oxygen atoms in total. The van der Waals surface area contributed by atoms with Crippen LogP contribution in [0.15, 0.2) is 23.2 Å². The summed E-state index contributed by atoms with van der Waals surface area (Å²) in [5.41, 5.74) is 3.31. The Morgan fingerprint density at radius 1 is 1.38 bits per heavy atom. The average Bonchev–Trinajstić information content (AvgIpc) is 2.81. The standard InChI is InChI=1S/C12H15N3S/c1-3-5-13-12-9(2)11(14-8-15-12)10-4-6-16-7-10/h4,6-8H,3,5H2,1-2H3,(H,13,14,15). The maximum absolute atomic E-state index is 4.35. The fourth-order valence-corrected chi connectivity index (χ4v) is 2.20. The number of anilines is 1. The van der Waals surface area contributed by atoms with Gasteiger partial charge in [0.05, 0.1) is 5.69 Å². The fraction of sp³-hybridized carbons (Fsp3) is 0.333. The van der Waals surface area contributed by atoms with Gasteiger partial charge in [0.1, 0.15) is 12.1 Å². The molecule has 0 spiro atoms. The van der Waals surface area contributed by atoms with Crippen molar-refractivity contribution >= 4 is 17.2 Å². The molecule has 1 N–H and O–H groups in total. The Bertz CT molecular complexity index is 451. The van der Waals surface area contributed by atoms with E-state index < -0.39 is 0 Å². The maximum Gasteiger partial charge on any atom is 0.132 e. The van der Waals surface area contributed by atoms with Crippen LogP contribution in [-0.4, -0.2) is 16.5 Å². The SMILES string of the molecule is CCCNc1ncnc(-c2ccsc2)c1C. The van der Waals surface area contributed by atoms with Gasteiger partial charge in [0.15, 0.2) is 0 Å². The van der Waals surface area contributed by atoms with E-state index in [1.54, 1.807) is 17.7 Å². The van der Waals surface area contributed by atoms with Crippen LogP contribution in [0.3, 0.4) is 0 Å².